The van der Waals surface area contributed by atoms with Gasteiger partial charge in [0.2, 0.25) is 0 Å². The van der Waals surface area contributed by atoms with Gasteiger partial charge in [-0.25, -0.2) is 9.18 Å². The van der Waals surface area contributed by atoms with E-state index in [1.165, 1.54) is 19.1 Å². The number of carbonyl (C=O) groups excluding carboxylic acids is 1. The van der Waals surface area contributed by atoms with Gasteiger partial charge in [0.15, 0.2) is 0 Å². The first-order valence-electron chi connectivity index (χ1n) is 5.85. The van der Waals surface area contributed by atoms with Crippen LogP contribution in [0.25, 0.3) is 0 Å². The molecule has 0 aliphatic carbocycles. The highest BCUT2D eigenvalue weighted by atomic mass is 19.1. The number of benzene rings is 1. The molecule has 1 aromatic carbocycles. The predicted octanol–water partition coefficient (Wildman–Crippen LogP) is 1.54. The van der Waals surface area contributed by atoms with Crippen LogP contribution in [0.4, 0.5) is 10.1 Å². The van der Waals surface area contributed by atoms with Crippen molar-refractivity contribution in [3.8, 4) is 0 Å². The molecule has 0 radical (unpaired) electrons. The third kappa shape index (κ3) is 4.84. The summed E-state index contributed by atoms with van der Waals surface area (Å²) in [6.07, 6.45) is 0. The summed E-state index contributed by atoms with van der Waals surface area (Å²) in [5.41, 5.74) is 6.03. The molecule has 2 N–H and O–H groups in total. The Balaban J connectivity index is 2.46. The number of nitrogens with two attached hydrogens (primary N) is 1. The van der Waals surface area contributed by atoms with Crippen molar-refractivity contribution in [3.05, 3.63) is 29.1 Å². The number of carbonyl (C=O) groups is 1. The summed E-state index contributed by atoms with van der Waals surface area (Å²) >= 11 is 0. The average Bonchev–Trinajstić information content (AvgIpc) is 2.37. The van der Waals surface area contributed by atoms with E-state index in [0.717, 1.165) is 0 Å². The number of ether oxygens (including phenoxy) is 3. The number of methoxy groups -OCH3 is 1. The molecule has 1 rings (SSSR count). The van der Waals surface area contributed by atoms with Crippen LogP contribution < -0.4 is 5.73 Å². The average molecular weight is 271 g/mol. The van der Waals surface area contributed by atoms with Crippen LogP contribution in [0.1, 0.15) is 15.9 Å². The molecule has 106 valence electrons. The molecule has 19 heavy (non-hydrogen) atoms. The second-order valence-electron chi connectivity index (χ2n) is 3.94. The van der Waals surface area contributed by atoms with Crippen LogP contribution in [0.2, 0.25) is 0 Å². The van der Waals surface area contributed by atoms with Crippen LogP contribution in [-0.4, -0.2) is 39.5 Å². The molecule has 0 bridgehead atoms. The Morgan fingerprint density at radius 1 is 1.26 bits per heavy atom. The Hall–Kier alpha value is -1.66. The molecule has 0 amide bonds. The highest BCUT2D eigenvalue weighted by Gasteiger charge is 2.15. The monoisotopic (exact) mass is 271 g/mol. The lowest BCUT2D eigenvalue weighted by molar-refractivity contribution is 0.0210. The summed E-state index contributed by atoms with van der Waals surface area (Å²) in [6, 6.07) is 2.72. The van der Waals surface area contributed by atoms with Gasteiger partial charge in [-0.05, 0) is 24.6 Å². The molecule has 0 saturated heterocycles. The number of nitrogen functional groups attached to an aromatic ring is 1. The van der Waals surface area contributed by atoms with Crippen molar-refractivity contribution < 1.29 is 23.4 Å². The van der Waals surface area contributed by atoms with E-state index in [1.807, 2.05) is 0 Å². The van der Waals surface area contributed by atoms with Crippen LogP contribution in [0.5, 0.6) is 0 Å². The molecule has 1 aromatic rings. The molecule has 6 heteroatoms. The van der Waals surface area contributed by atoms with Gasteiger partial charge in [0, 0.05) is 12.8 Å². The van der Waals surface area contributed by atoms with E-state index in [4.69, 9.17) is 19.9 Å². The normalized spacial score (nSPS) is 10.5. The molecular formula is C13H18FNO4. The zero-order valence-electron chi connectivity index (χ0n) is 11.1. The summed E-state index contributed by atoms with van der Waals surface area (Å²) in [5, 5.41) is 0. The number of esters is 1. The number of halogens is 1. The molecule has 0 atom stereocenters. The summed E-state index contributed by atoms with van der Waals surface area (Å²) in [5.74, 6) is -1.36. The van der Waals surface area contributed by atoms with Crippen LogP contribution in [0.3, 0.4) is 0 Å². The van der Waals surface area contributed by atoms with Gasteiger partial charge in [0.25, 0.3) is 0 Å². The molecule has 0 unspecified atom stereocenters. The van der Waals surface area contributed by atoms with E-state index in [9.17, 15) is 9.18 Å². The third-order valence-corrected chi connectivity index (χ3v) is 2.39. The number of rotatable bonds is 7. The lowest BCUT2D eigenvalue weighted by atomic mass is 10.1. The Morgan fingerprint density at radius 2 is 1.95 bits per heavy atom. The van der Waals surface area contributed by atoms with Crippen LogP contribution in [0, 0.1) is 12.7 Å². The molecule has 0 saturated carbocycles. The maximum Gasteiger partial charge on any atom is 0.341 e. The molecule has 0 heterocycles. The standard InChI is InChI=1S/C13H18FNO4/c1-9-7-10(15)8-11(12(9)14)13(16)19-6-5-18-4-3-17-2/h7-8H,3-6,15H2,1-2H3. The fourth-order valence-electron chi connectivity index (χ4n) is 1.46. The van der Waals surface area contributed by atoms with Crippen LogP contribution in [-0.2, 0) is 14.2 Å². The first-order valence-corrected chi connectivity index (χ1v) is 5.85. The first kappa shape index (κ1) is 15.4. The number of hydrogen-bond acceptors (Lipinski definition) is 5. The maximum atomic E-state index is 13.7. The Bertz CT molecular complexity index is 437. The molecule has 0 aromatic heterocycles. The van der Waals surface area contributed by atoms with Gasteiger partial charge in [-0.2, -0.15) is 0 Å². The van der Waals surface area contributed by atoms with E-state index in [-0.39, 0.29) is 18.8 Å². The molecular weight excluding hydrogens is 253 g/mol. The Labute approximate surface area is 111 Å². The van der Waals surface area contributed by atoms with E-state index >= 15 is 0 Å². The van der Waals surface area contributed by atoms with Crippen molar-refractivity contribution in [3.63, 3.8) is 0 Å². The van der Waals surface area contributed by atoms with Gasteiger partial charge in [0.05, 0.1) is 25.4 Å². The highest BCUT2D eigenvalue weighted by Crippen LogP contribution is 2.17. The van der Waals surface area contributed by atoms with Gasteiger partial charge in [0.1, 0.15) is 12.4 Å². The molecule has 5 nitrogen and oxygen atoms in total. The minimum atomic E-state index is -0.747. The first-order chi connectivity index (χ1) is 9.06. The van der Waals surface area contributed by atoms with E-state index in [0.29, 0.717) is 24.5 Å². The largest absolute Gasteiger partial charge is 0.460 e. The predicted molar refractivity (Wildman–Crippen MR) is 68.5 cm³/mol. The number of hydrogen-bond donors (Lipinski definition) is 1. The van der Waals surface area contributed by atoms with Crippen LogP contribution >= 0.6 is 0 Å². The fourth-order valence-corrected chi connectivity index (χ4v) is 1.46. The molecule has 0 fully saturated rings. The van der Waals surface area contributed by atoms with Crippen molar-refractivity contribution in [1.29, 1.82) is 0 Å². The van der Waals surface area contributed by atoms with Crippen molar-refractivity contribution in [2.45, 2.75) is 6.92 Å². The number of anilines is 1. The van der Waals surface area contributed by atoms with E-state index < -0.39 is 11.8 Å². The van der Waals surface area contributed by atoms with Crippen molar-refractivity contribution in [1.82, 2.24) is 0 Å². The van der Waals surface area contributed by atoms with Gasteiger partial charge in [-0.15, -0.1) is 0 Å². The van der Waals surface area contributed by atoms with Gasteiger partial charge < -0.3 is 19.9 Å². The van der Waals surface area contributed by atoms with Crippen molar-refractivity contribution >= 4 is 11.7 Å². The van der Waals surface area contributed by atoms with Gasteiger partial charge in [-0.3, -0.25) is 0 Å². The lowest BCUT2D eigenvalue weighted by Crippen LogP contribution is -2.14. The summed E-state index contributed by atoms with van der Waals surface area (Å²) in [7, 11) is 1.56. The summed E-state index contributed by atoms with van der Waals surface area (Å²) in [6.45, 7) is 2.71. The van der Waals surface area contributed by atoms with E-state index in [1.54, 1.807) is 7.11 Å². The third-order valence-electron chi connectivity index (χ3n) is 2.39. The quantitative estimate of drug-likeness (QED) is 0.462. The molecule has 0 aliphatic heterocycles. The summed E-state index contributed by atoms with van der Waals surface area (Å²) < 4.78 is 28.5. The number of aryl methyl sites for hydroxylation is 1. The fraction of sp³-hybridized carbons (Fsp3) is 0.462. The van der Waals surface area contributed by atoms with E-state index in [2.05, 4.69) is 0 Å². The van der Waals surface area contributed by atoms with Gasteiger partial charge in [-0.1, -0.05) is 0 Å². The minimum absolute atomic E-state index is 0.0514. The Kier molecular flexibility index (Phi) is 6.24. The zero-order chi connectivity index (χ0) is 14.3. The smallest absolute Gasteiger partial charge is 0.341 e. The van der Waals surface area contributed by atoms with Crippen LogP contribution in [0.15, 0.2) is 12.1 Å². The van der Waals surface area contributed by atoms with Gasteiger partial charge >= 0.3 is 5.97 Å². The maximum absolute atomic E-state index is 13.7. The minimum Gasteiger partial charge on any atom is -0.460 e. The second-order valence-corrected chi connectivity index (χ2v) is 3.94. The summed E-state index contributed by atoms with van der Waals surface area (Å²) in [4.78, 5) is 11.7. The molecule has 0 aliphatic rings. The Morgan fingerprint density at radius 3 is 2.63 bits per heavy atom. The molecule has 0 spiro atoms. The second kappa shape index (κ2) is 7.70. The zero-order valence-corrected chi connectivity index (χ0v) is 11.1. The topological polar surface area (TPSA) is 70.8 Å². The SMILES string of the molecule is COCCOCCOC(=O)c1cc(N)cc(C)c1F. The van der Waals surface area contributed by atoms with Crippen molar-refractivity contribution in [2.75, 3.05) is 39.3 Å². The van der Waals surface area contributed by atoms with Crippen molar-refractivity contribution in [2.24, 2.45) is 0 Å². The highest BCUT2D eigenvalue weighted by molar-refractivity contribution is 5.91. The lowest BCUT2D eigenvalue weighted by Gasteiger charge is -2.08.